The minimum Gasteiger partial charge on any atom is -0.378 e. The molecule has 1 saturated carbocycles. The Labute approximate surface area is 109 Å². The summed E-state index contributed by atoms with van der Waals surface area (Å²) in [6, 6.07) is 0.407. The summed E-state index contributed by atoms with van der Waals surface area (Å²) < 4.78 is 5.51. The number of nitrogens with zero attached hydrogens (tertiary/aromatic N) is 1. The number of likely N-dealkylation sites (N-methyl/N-ethyl adjacent to an activating group) is 1. The van der Waals surface area contributed by atoms with E-state index < -0.39 is 5.54 Å². The van der Waals surface area contributed by atoms with Crippen LogP contribution >= 0.6 is 0 Å². The summed E-state index contributed by atoms with van der Waals surface area (Å²) in [6.45, 7) is 5.28. The molecule has 2 fully saturated rings. The smallest absolute Gasteiger partial charge is 0.239 e. The van der Waals surface area contributed by atoms with Gasteiger partial charge in [0.25, 0.3) is 0 Å². The molecule has 1 heterocycles. The molecular weight excluding hydrogens is 230 g/mol. The molecule has 1 saturated heterocycles. The van der Waals surface area contributed by atoms with Gasteiger partial charge >= 0.3 is 0 Å². The summed E-state index contributed by atoms with van der Waals surface area (Å²) in [5, 5.41) is 3.21. The quantitative estimate of drug-likeness (QED) is 0.698. The van der Waals surface area contributed by atoms with E-state index in [2.05, 4.69) is 17.1 Å². The van der Waals surface area contributed by atoms with Crippen molar-refractivity contribution in [2.75, 3.05) is 33.4 Å². The van der Waals surface area contributed by atoms with Crippen LogP contribution in [0.5, 0.6) is 0 Å². The maximum Gasteiger partial charge on any atom is 0.239 e. The lowest BCUT2D eigenvalue weighted by molar-refractivity contribution is -0.127. The van der Waals surface area contributed by atoms with Crippen molar-refractivity contribution in [3.63, 3.8) is 0 Å². The largest absolute Gasteiger partial charge is 0.378 e. The molecule has 1 aliphatic carbocycles. The Morgan fingerprint density at radius 1 is 1.56 bits per heavy atom. The van der Waals surface area contributed by atoms with Crippen molar-refractivity contribution in [2.24, 2.45) is 11.7 Å². The van der Waals surface area contributed by atoms with Crippen LogP contribution in [0.25, 0.3) is 0 Å². The molecule has 18 heavy (non-hydrogen) atoms. The van der Waals surface area contributed by atoms with Crippen LogP contribution in [0.2, 0.25) is 0 Å². The zero-order valence-electron chi connectivity index (χ0n) is 11.4. The number of ether oxygens (including phenoxy) is 1. The fourth-order valence-corrected chi connectivity index (χ4v) is 2.98. The van der Waals surface area contributed by atoms with Crippen LogP contribution in [-0.4, -0.2) is 55.7 Å². The lowest BCUT2D eigenvalue weighted by Gasteiger charge is -2.41. The first-order valence-electron chi connectivity index (χ1n) is 6.94. The monoisotopic (exact) mass is 255 g/mol. The predicted octanol–water partition coefficient (Wildman–Crippen LogP) is -0.0493. The van der Waals surface area contributed by atoms with Crippen molar-refractivity contribution in [1.29, 1.82) is 0 Å². The number of primary amides is 1. The standard InChI is InChI=1S/C13H25N3O2/c1-3-11-8-18-7-6-16(11)9-13(15-2,12(14)17)10-4-5-10/h10-11,15H,3-9H2,1-2H3,(H2,14,17). The molecule has 5 heteroatoms. The summed E-state index contributed by atoms with van der Waals surface area (Å²) >= 11 is 0. The van der Waals surface area contributed by atoms with Gasteiger partial charge in [-0.05, 0) is 32.2 Å². The number of nitrogens with two attached hydrogens (primary N) is 1. The highest BCUT2D eigenvalue weighted by Crippen LogP contribution is 2.40. The van der Waals surface area contributed by atoms with Crippen LogP contribution in [-0.2, 0) is 9.53 Å². The summed E-state index contributed by atoms with van der Waals surface area (Å²) in [7, 11) is 1.85. The van der Waals surface area contributed by atoms with Crippen molar-refractivity contribution in [3.8, 4) is 0 Å². The Kier molecular flexibility index (Phi) is 4.25. The van der Waals surface area contributed by atoms with Gasteiger partial charge < -0.3 is 15.8 Å². The second kappa shape index (κ2) is 5.55. The van der Waals surface area contributed by atoms with Crippen LogP contribution in [0.3, 0.4) is 0 Å². The first-order chi connectivity index (χ1) is 8.64. The number of nitrogens with one attached hydrogen (secondary N) is 1. The lowest BCUT2D eigenvalue weighted by atomic mass is 9.90. The van der Waals surface area contributed by atoms with Crippen molar-refractivity contribution in [1.82, 2.24) is 10.2 Å². The zero-order chi connectivity index (χ0) is 13.2. The van der Waals surface area contributed by atoms with Crippen LogP contribution in [0.15, 0.2) is 0 Å². The van der Waals surface area contributed by atoms with Gasteiger partial charge in [-0.1, -0.05) is 6.92 Å². The molecule has 2 atom stereocenters. The average molecular weight is 255 g/mol. The molecular formula is C13H25N3O2. The van der Waals surface area contributed by atoms with E-state index >= 15 is 0 Å². The highest BCUT2D eigenvalue weighted by Gasteiger charge is 2.50. The fraction of sp³-hybridized carbons (Fsp3) is 0.923. The van der Waals surface area contributed by atoms with E-state index in [1.54, 1.807) is 0 Å². The van der Waals surface area contributed by atoms with Crippen molar-refractivity contribution in [3.05, 3.63) is 0 Å². The molecule has 5 nitrogen and oxygen atoms in total. The average Bonchev–Trinajstić information content (AvgIpc) is 3.20. The van der Waals surface area contributed by atoms with Gasteiger partial charge in [0.2, 0.25) is 5.91 Å². The molecule has 0 bridgehead atoms. The van der Waals surface area contributed by atoms with E-state index in [1.165, 1.54) is 0 Å². The third-order valence-corrected chi connectivity index (χ3v) is 4.43. The topological polar surface area (TPSA) is 67.6 Å². The maximum atomic E-state index is 11.9. The lowest BCUT2D eigenvalue weighted by Crippen LogP contribution is -2.64. The van der Waals surface area contributed by atoms with Crippen molar-refractivity contribution < 1.29 is 9.53 Å². The van der Waals surface area contributed by atoms with E-state index in [0.29, 0.717) is 18.5 Å². The van der Waals surface area contributed by atoms with Gasteiger partial charge in [-0.2, -0.15) is 0 Å². The number of rotatable bonds is 6. The molecule has 0 aromatic rings. The normalized spacial score (nSPS) is 28.9. The third kappa shape index (κ3) is 2.53. The Bertz CT molecular complexity index is 307. The fourth-order valence-electron chi connectivity index (χ4n) is 2.98. The first kappa shape index (κ1) is 13.8. The minimum absolute atomic E-state index is 0.214. The minimum atomic E-state index is -0.551. The molecule has 0 aromatic carbocycles. The zero-order valence-corrected chi connectivity index (χ0v) is 11.4. The Hall–Kier alpha value is -0.650. The van der Waals surface area contributed by atoms with Crippen LogP contribution in [0.1, 0.15) is 26.2 Å². The number of hydrogen-bond acceptors (Lipinski definition) is 4. The number of morpholine rings is 1. The third-order valence-electron chi connectivity index (χ3n) is 4.43. The maximum absolute atomic E-state index is 11.9. The van der Waals surface area contributed by atoms with E-state index in [1.807, 2.05) is 7.05 Å². The molecule has 2 rings (SSSR count). The molecule has 2 aliphatic rings. The van der Waals surface area contributed by atoms with Crippen LogP contribution in [0, 0.1) is 5.92 Å². The van der Waals surface area contributed by atoms with E-state index in [4.69, 9.17) is 10.5 Å². The summed E-state index contributed by atoms with van der Waals surface area (Å²) in [5.41, 5.74) is 5.12. The second-order valence-electron chi connectivity index (χ2n) is 5.47. The highest BCUT2D eigenvalue weighted by atomic mass is 16.5. The molecule has 0 aromatic heterocycles. The molecule has 1 amide bonds. The first-order valence-corrected chi connectivity index (χ1v) is 6.94. The van der Waals surface area contributed by atoms with Gasteiger partial charge in [0.15, 0.2) is 0 Å². The summed E-state index contributed by atoms with van der Waals surface area (Å²) in [6.07, 6.45) is 3.25. The number of hydrogen-bond donors (Lipinski definition) is 2. The van der Waals surface area contributed by atoms with Gasteiger partial charge in [-0.25, -0.2) is 0 Å². The van der Waals surface area contributed by atoms with Gasteiger partial charge in [0.05, 0.1) is 13.2 Å². The van der Waals surface area contributed by atoms with Gasteiger partial charge in [0.1, 0.15) is 5.54 Å². The Morgan fingerprint density at radius 3 is 2.78 bits per heavy atom. The van der Waals surface area contributed by atoms with Gasteiger partial charge in [-0.3, -0.25) is 9.69 Å². The van der Waals surface area contributed by atoms with Crippen LogP contribution < -0.4 is 11.1 Å². The number of carbonyl (C=O) groups excluding carboxylic acids is 1. The molecule has 104 valence electrons. The second-order valence-corrected chi connectivity index (χ2v) is 5.47. The molecule has 2 unspecified atom stereocenters. The van der Waals surface area contributed by atoms with E-state index in [9.17, 15) is 4.79 Å². The number of carbonyl (C=O) groups is 1. The molecule has 0 spiro atoms. The SMILES string of the molecule is CCC1COCCN1CC(NC)(C(N)=O)C1CC1. The van der Waals surface area contributed by atoms with Crippen molar-refractivity contribution >= 4 is 5.91 Å². The predicted molar refractivity (Wildman–Crippen MR) is 70.2 cm³/mol. The summed E-state index contributed by atoms with van der Waals surface area (Å²) in [5.74, 6) is 0.189. The van der Waals surface area contributed by atoms with E-state index in [0.717, 1.165) is 39.0 Å². The number of amides is 1. The molecule has 3 N–H and O–H groups in total. The molecule has 1 aliphatic heterocycles. The highest BCUT2D eigenvalue weighted by molar-refractivity contribution is 5.86. The summed E-state index contributed by atoms with van der Waals surface area (Å²) in [4.78, 5) is 14.3. The van der Waals surface area contributed by atoms with Gasteiger partial charge in [-0.15, -0.1) is 0 Å². The Morgan fingerprint density at radius 2 is 2.28 bits per heavy atom. The molecule has 0 radical (unpaired) electrons. The van der Waals surface area contributed by atoms with Gasteiger partial charge in [0, 0.05) is 19.1 Å². The Balaban J connectivity index is 2.09. The van der Waals surface area contributed by atoms with Crippen LogP contribution in [0.4, 0.5) is 0 Å². The van der Waals surface area contributed by atoms with Crippen molar-refractivity contribution in [2.45, 2.75) is 37.8 Å². The van der Waals surface area contributed by atoms with E-state index in [-0.39, 0.29) is 5.91 Å².